The zero-order valence-electron chi connectivity index (χ0n) is 10.3. The van der Waals surface area contributed by atoms with Crippen LogP contribution in [0.15, 0.2) is 23.3 Å². The van der Waals surface area contributed by atoms with Gasteiger partial charge in [-0.05, 0) is 67.1 Å². The fourth-order valence-corrected chi connectivity index (χ4v) is 1.83. The molecular formula is C11H13IN4O2. The summed E-state index contributed by atoms with van der Waals surface area (Å²) in [6, 6.07) is 5.03. The maximum atomic E-state index is 11.6. The highest BCUT2D eigenvalue weighted by atomic mass is 127. The molecule has 0 fully saturated rings. The van der Waals surface area contributed by atoms with Crippen molar-refractivity contribution < 1.29 is 9.53 Å². The van der Waals surface area contributed by atoms with Crippen molar-refractivity contribution in [3.8, 4) is 0 Å². The minimum atomic E-state index is -0.556. The molecule has 1 rings (SSSR count). The second-order valence-corrected chi connectivity index (χ2v) is 5.76. The molecule has 0 unspecified atom stereocenters. The van der Waals surface area contributed by atoms with E-state index in [0.29, 0.717) is 11.4 Å². The summed E-state index contributed by atoms with van der Waals surface area (Å²) in [7, 11) is 0. The minimum Gasteiger partial charge on any atom is -0.444 e. The molecule has 0 atom stereocenters. The van der Waals surface area contributed by atoms with E-state index in [-0.39, 0.29) is 0 Å². The van der Waals surface area contributed by atoms with Crippen LogP contribution in [0, 0.1) is 3.57 Å². The second-order valence-electron chi connectivity index (χ2n) is 4.51. The van der Waals surface area contributed by atoms with Crippen molar-refractivity contribution in [3.63, 3.8) is 0 Å². The molecule has 18 heavy (non-hydrogen) atoms. The van der Waals surface area contributed by atoms with E-state index >= 15 is 0 Å². The van der Waals surface area contributed by atoms with Crippen molar-refractivity contribution in [1.82, 2.24) is 0 Å². The number of halogens is 1. The first-order valence-electron chi connectivity index (χ1n) is 5.16. The van der Waals surface area contributed by atoms with E-state index in [2.05, 4.69) is 37.9 Å². The molecule has 0 spiro atoms. The van der Waals surface area contributed by atoms with Crippen molar-refractivity contribution in [2.24, 2.45) is 5.11 Å². The summed E-state index contributed by atoms with van der Waals surface area (Å²) in [6.07, 6.45) is -0.545. The SMILES string of the molecule is CC(C)(C)OC(=O)Nc1cc(I)cc(N=[N+]=[N-])c1. The molecule has 1 amide bonds. The van der Waals surface area contributed by atoms with Crippen molar-refractivity contribution in [1.29, 1.82) is 0 Å². The van der Waals surface area contributed by atoms with Gasteiger partial charge in [-0.1, -0.05) is 5.11 Å². The molecule has 0 saturated heterocycles. The Morgan fingerprint density at radius 2 is 2.11 bits per heavy atom. The standard InChI is InChI=1S/C11H13IN4O2/c1-11(2,3)18-10(17)14-8-4-7(12)5-9(6-8)15-16-13/h4-6H,1-3H3,(H,14,17). The van der Waals surface area contributed by atoms with Gasteiger partial charge in [0.1, 0.15) is 5.60 Å². The number of ether oxygens (including phenoxy) is 1. The van der Waals surface area contributed by atoms with Crippen LogP contribution in [0.25, 0.3) is 10.4 Å². The maximum Gasteiger partial charge on any atom is 0.412 e. The second kappa shape index (κ2) is 5.92. The van der Waals surface area contributed by atoms with E-state index < -0.39 is 11.7 Å². The van der Waals surface area contributed by atoms with Gasteiger partial charge in [0.05, 0.1) is 0 Å². The summed E-state index contributed by atoms with van der Waals surface area (Å²) in [5.41, 5.74) is 8.79. The lowest BCUT2D eigenvalue weighted by Crippen LogP contribution is -2.27. The number of benzene rings is 1. The summed E-state index contributed by atoms with van der Waals surface area (Å²) < 4.78 is 5.98. The molecule has 1 aromatic carbocycles. The van der Waals surface area contributed by atoms with Crippen LogP contribution in [0.3, 0.4) is 0 Å². The van der Waals surface area contributed by atoms with E-state index in [0.717, 1.165) is 3.57 Å². The van der Waals surface area contributed by atoms with Crippen LogP contribution in [0.2, 0.25) is 0 Å². The van der Waals surface area contributed by atoms with Gasteiger partial charge in [-0.15, -0.1) is 0 Å². The summed E-state index contributed by atoms with van der Waals surface area (Å²) in [6.45, 7) is 5.35. The molecule has 0 heterocycles. The Hall–Kier alpha value is -1.47. The molecule has 1 N–H and O–H groups in total. The third kappa shape index (κ3) is 5.24. The number of carbonyl (C=O) groups excluding carboxylic acids is 1. The Kier molecular flexibility index (Phi) is 4.80. The topological polar surface area (TPSA) is 87.1 Å². The lowest BCUT2D eigenvalue weighted by Gasteiger charge is -2.19. The number of hydrogen-bond acceptors (Lipinski definition) is 3. The number of rotatable bonds is 2. The molecular weight excluding hydrogens is 347 g/mol. The number of carbonyl (C=O) groups is 1. The molecule has 0 bridgehead atoms. The Morgan fingerprint density at radius 1 is 1.44 bits per heavy atom. The van der Waals surface area contributed by atoms with Gasteiger partial charge >= 0.3 is 6.09 Å². The van der Waals surface area contributed by atoms with Gasteiger partial charge in [0.2, 0.25) is 0 Å². The number of azide groups is 1. The molecule has 6 nitrogen and oxygen atoms in total. The van der Waals surface area contributed by atoms with E-state index in [1.54, 1.807) is 39.0 Å². The highest BCUT2D eigenvalue weighted by Crippen LogP contribution is 2.23. The lowest BCUT2D eigenvalue weighted by atomic mass is 10.2. The van der Waals surface area contributed by atoms with Gasteiger partial charge in [-0.3, -0.25) is 5.32 Å². The van der Waals surface area contributed by atoms with E-state index in [4.69, 9.17) is 10.3 Å². The molecule has 0 saturated carbocycles. The number of nitrogens with one attached hydrogen (secondary N) is 1. The van der Waals surface area contributed by atoms with Gasteiger partial charge < -0.3 is 4.74 Å². The Labute approximate surface area is 118 Å². The first-order valence-corrected chi connectivity index (χ1v) is 6.24. The van der Waals surface area contributed by atoms with Crippen LogP contribution in [-0.4, -0.2) is 11.7 Å². The molecule has 0 aliphatic carbocycles. The Morgan fingerprint density at radius 3 is 2.67 bits per heavy atom. The highest BCUT2D eigenvalue weighted by molar-refractivity contribution is 14.1. The molecule has 0 radical (unpaired) electrons. The summed E-state index contributed by atoms with van der Waals surface area (Å²) >= 11 is 2.07. The van der Waals surface area contributed by atoms with Gasteiger partial charge in [0.15, 0.2) is 0 Å². The Balaban J connectivity index is 2.84. The first kappa shape index (κ1) is 14.6. The van der Waals surface area contributed by atoms with Crippen LogP contribution >= 0.6 is 22.6 Å². The van der Waals surface area contributed by atoms with Crippen molar-refractivity contribution >= 4 is 40.1 Å². The van der Waals surface area contributed by atoms with Crippen LogP contribution in [-0.2, 0) is 4.74 Å². The number of anilines is 1. The van der Waals surface area contributed by atoms with Crippen LogP contribution < -0.4 is 5.32 Å². The molecule has 0 aliphatic heterocycles. The zero-order chi connectivity index (χ0) is 13.8. The van der Waals surface area contributed by atoms with E-state index in [1.807, 2.05) is 0 Å². The predicted molar refractivity (Wildman–Crippen MR) is 77.8 cm³/mol. The number of hydrogen-bond donors (Lipinski definition) is 1. The molecule has 7 heteroatoms. The van der Waals surface area contributed by atoms with Crippen LogP contribution in [0.1, 0.15) is 20.8 Å². The van der Waals surface area contributed by atoms with Gasteiger partial charge in [-0.25, -0.2) is 4.79 Å². The predicted octanol–water partition coefficient (Wildman–Crippen LogP) is 4.58. The number of nitrogens with zero attached hydrogens (tertiary/aromatic N) is 3. The monoisotopic (exact) mass is 360 g/mol. The van der Waals surface area contributed by atoms with Crippen molar-refractivity contribution in [3.05, 3.63) is 32.2 Å². The first-order chi connectivity index (χ1) is 8.30. The summed E-state index contributed by atoms with van der Waals surface area (Å²) in [5.74, 6) is 0. The smallest absolute Gasteiger partial charge is 0.412 e. The zero-order valence-corrected chi connectivity index (χ0v) is 12.4. The van der Waals surface area contributed by atoms with Crippen LogP contribution in [0.4, 0.5) is 16.2 Å². The van der Waals surface area contributed by atoms with E-state index in [9.17, 15) is 4.79 Å². The largest absolute Gasteiger partial charge is 0.444 e. The molecule has 96 valence electrons. The fourth-order valence-electron chi connectivity index (χ4n) is 1.18. The highest BCUT2D eigenvalue weighted by Gasteiger charge is 2.16. The van der Waals surface area contributed by atoms with Crippen LogP contribution in [0.5, 0.6) is 0 Å². The average molecular weight is 360 g/mol. The van der Waals surface area contributed by atoms with Crippen molar-refractivity contribution in [2.75, 3.05) is 5.32 Å². The summed E-state index contributed by atoms with van der Waals surface area (Å²) in [4.78, 5) is 14.3. The normalized spacial score (nSPS) is 10.4. The molecule has 1 aromatic rings. The third-order valence-electron chi connectivity index (χ3n) is 1.69. The van der Waals surface area contributed by atoms with Gasteiger partial charge in [0, 0.05) is 19.9 Å². The quantitative estimate of drug-likeness (QED) is 0.362. The third-order valence-corrected chi connectivity index (χ3v) is 2.31. The number of amides is 1. The minimum absolute atomic E-state index is 0.440. The summed E-state index contributed by atoms with van der Waals surface area (Å²) in [5, 5.41) is 6.08. The Bertz CT molecular complexity index is 504. The van der Waals surface area contributed by atoms with E-state index in [1.165, 1.54) is 0 Å². The molecule has 0 aliphatic rings. The van der Waals surface area contributed by atoms with Gasteiger partial charge in [-0.2, -0.15) is 0 Å². The molecule has 0 aromatic heterocycles. The lowest BCUT2D eigenvalue weighted by molar-refractivity contribution is 0.0636. The average Bonchev–Trinajstić information content (AvgIpc) is 2.12. The maximum absolute atomic E-state index is 11.6. The van der Waals surface area contributed by atoms with Crippen molar-refractivity contribution in [2.45, 2.75) is 26.4 Å². The van der Waals surface area contributed by atoms with Gasteiger partial charge in [0.25, 0.3) is 0 Å². The fraction of sp³-hybridized carbons (Fsp3) is 0.364.